The van der Waals surface area contributed by atoms with Crippen molar-refractivity contribution in [3.63, 3.8) is 0 Å². The van der Waals surface area contributed by atoms with Crippen LogP contribution in [0, 0.1) is 0 Å². The van der Waals surface area contributed by atoms with E-state index in [4.69, 9.17) is 0 Å². The maximum absolute atomic E-state index is 0. The van der Waals surface area contributed by atoms with Gasteiger partial charge >= 0.3 is 124 Å². The smallest absolute Gasteiger partial charge is 2.00 e. The summed E-state index contributed by atoms with van der Waals surface area (Å²) >= 11 is 0. The van der Waals surface area contributed by atoms with Crippen LogP contribution in [0.4, 0.5) is 0 Å². The molecule has 16 valence electrons. The van der Waals surface area contributed by atoms with Gasteiger partial charge in [-0.15, -0.1) is 0 Å². The molecular formula is BaNiOYZr+9. The average Bonchev–Trinajstić information content (AvgIpc) is 0. The minimum atomic E-state index is 0. The van der Waals surface area contributed by atoms with Crippen LogP contribution in [-0.4, -0.2) is 48.9 Å². The topological polar surface area (TPSA) is 28.5 Å². The molecule has 0 radical (unpaired) electrons. The third kappa shape index (κ3) is 18.0. The number of hydrogen-bond acceptors (Lipinski definition) is 0. The van der Waals surface area contributed by atoms with Crippen LogP contribution in [0.1, 0.15) is 0 Å². The minimum Gasteiger partial charge on any atom is -2.00 e. The van der Waals surface area contributed by atoms with E-state index in [9.17, 15) is 0 Å². The SMILES string of the molecule is [Ba+2].[Ni+2].[O-2].[Y+3].[Zr+4]. The second-order valence-electron chi connectivity index (χ2n) is 0. The zero-order valence-electron chi connectivity index (χ0n) is 2.51. The van der Waals surface area contributed by atoms with E-state index in [2.05, 4.69) is 0 Å². The van der Waals surface area contributed by atoms with E-state index in [-0.39, 0.29) is 130 Å². The Balaban J connectivity index is 0. The molecule has 0 aliphatic rings. The van der Waals surface area contributed by atoms with Gasteiger partial charge in [-0.3, -0.25) is 0 Å². The van der Waals surface area contributed by atoms with Crippen molar-refractivity contribution in [3.05, 3.63) is 0 Å². The molecule has 0 N–H and O–H groups in total. The summed E-state index contributed by atoms with van der Waals surface area (Å²) in [7, 11) is 0. The molecule has 0 saturated carbocycles. The fraction of sp³-hybridized carbons (Fsp3) is 0. The van der Waals surface area contributed by atoms with Crippen molar-refractivity contribution < 1.29 is 80.9 Å². The monoisotopic (exact) mass is 391 g/mol. The van der Waals surface area contributed by atoms with Crippen LogP contribution >= 0.6 is 0 Å². The Hall–Kier alpha value is 4.01. The second kappa shape index (κ2) is 24.5. The molecule has 0 aromatic rings. The van der Waals surface area contributed by atoms with Crippen LogP contribution in [0.5, 0.6) is 0 Å². The van der Waals surface area contributed by atoms with E-state index >= 15 is 0 Å². The van der Waals surface area contributed by atoms with Crippen molar-refractivity contribution in [1.29, 1.82) is 0 Å². The van der Waals surface area contributed by atoms with E-state index < -0.39 is 0 Å². The van der Waals surface area contributed by atoms with Crippen LogP contribution in [0.3, 0.4) is 0 Å². The first kappa shape index (κ1) is 35.9. The number of hydrogen-bond donors (Lipinski definition) is 0. The van der Waals surface area contributed by atoms with Gasteiger partial charge in [0, 0.05) is 0 Å². The van der Waals surface area contributed by atoms with Gasteiger partial charge in [0.05, 0.1) is 0 Å². The first-order chi connectivity index (χ1) is 0. The molecule has 0 fully saturated rings. The van der Waals surface area contributed by atoms with E-state index in [1.807, 2.05) is 0 Å². The van der Waals surface area contributed by atoms with E-state index in [1.165, 1.54) is 0 Å². The van der Waals surface area contributed by atoms with Crippen LogP contribution in [-0.2, 0) is 80.9 Å². The zero-order valence-corrected chi connectivity index (χ0v) is 13.2. The Kier molecular flexibility index (Phi) is 176. The van der Waals surface area contributed by atoms with E-state index in [0.717, 1.165) is 0 Å². The molecule has 0 saturated heterocycles. The summed E-state index contributed by atoms with van der Waals surface area (Å²) in [6, 6.07) is 0. The predicted molar refractivity (Wildman–Crippen MR) is 6.44 cm³/mol. The number of rotatable bonds is 0. The molecule has 0 aromatic carbocycles. The maximum Gasteiger partial charge on any atom is 4.00 e. The summed E-state index contributed by atoms with van der Waals surface area (Å²) in [5, 5.41) is 0. The molecule has 1 nitrogen and oxygen atoms in total. The van der Waals surface area contributed by atoms with Gasteiger partial charge in [-0.2, -0.15) is 0 Å². The molecule has 0 aromatic heterocycles. The summed E-state index contributed by atoms with van der Waals surface area (Å²) in [5.74, 6) is 0. The molecule has 0 rings (SSSR count). The molecule has 0 amide bonds. The van der Waals surface area contributed by atoms with Crippen LogP contribution in [0.2, 0.25) is 0 Å². The van der Waals surface area contributed by atoms with Gasteiger partial charge in [0.2, 0.25) is 0 Å². The van der Waals surface area contributed by atoms with E-state index in [0.29, 0.717) is 0 Å². The first-order valence-electron chi connectivity index (χ1n) is 0. The fourth-order valence-electron chi connectivity index (χ4n) is 0. The molecule has 0 atom stereocenters. The second-order valence-corrected chi connectivity index (χ2v) is 0. The van der Waals surface area contributed by atoms with Gasteiger partial charge in [-0.25, -0.2) is 0 Å². The van der Waals surface area contributed by atoms with Crippen LogP contribution in [0.25, 0.3) is 0 Å². The van der Waals surface area contributed by atoms with E-state index in [1.54, 1.807) is 0 Å². The molecule has 0 heterocycles. The quantitative estimate of drug-likeness (QED) is 0.498. The molecular weight excluding hydrogens is 392 g/mol. The van der Waals surface area contributed by atoms with Gasteiger partial charge in [0.1, 0.15) is 0 Å². The first-order valence-corrected chi connectivity index (χ1v) is 0. The Morgan fingerprint density at radius 2 is 1.00 bits per heavy atom. The van der Waals surface area contributed by atoms with Crippen molar-refractivity contribution in [2.45, 2.75) is 0 Å². The van der Waals surface area contributed by atoms with Gasteiger partial charge < -0.3 is 5.48 Å². The van der Waals surface area contributed by atoms with Crippen molar-refractivity contribution in [3.8, 4) is 0 Å². The molecule has 0 bridgehead atoms. The van der Waals surface area contributed by atoms with Gasteiger partial charge in [0.15, 0.2) is 0 Å². The molecule has 5 heavy (non-hydrogen) atoms. The molecule has 0 aliphatic heterocycles. The summed E-state index contributed by atoms with van der Waals surface area (Å²) in [6.07, 6.45) is 0. The average molecular weight is 392 g/mol. The minimum absolute atomic E-state index is 0. The molecule has 5 heteroatoms. The predicted octanol–water partition coefficient (Wildman–Crippen LogP) is -0.507. The van der Waals surface area contributed by atoms with Crippen LogP contribution in [0.15, 0.2) is 0 Å². The molecule has 0 unspecified atom stereocenters. The summed E-state index contributed by atoms with van der Waals surface area (Å²) < 4.78 is 0. The fourth-order valence-corrected chi connectivity index (χ4v) is 0. The Morgan fingerprint density at radius 1 is 1.00 bits per heavy atom. The summed E-state index contributed by atoms with van der Waals surface area (Å²) in [4.78, 5) is 0. The summed E-state index contributed by atoms with van der Waals surface area (Å²) in [6.45, 7) is 0. The van der Waals surface area contributed by atoms with Crippen molar-refractivity contribution in [2.24, 2.45) is 0 Å². The Labute approximate surface area is 126 Å². The third-order valence-electron chi connectivity index (χ3n) is 0. The Bertz CT molecular complexity index is 11.6. The summed E-state index contributed by atoms with van der Waals surface area (Å²) in [5.41, 5.74) is 0. The molecule has 0 spiro atoms. The van der Waals surface area contributed by atoms with Gasteiger partial charge in [0.25, 0.3) is 0 Å². The molecule has 0 aliphatic carbocycles. The van der Waals surface area contributed by atoms with Crippen molar-refractivity contribution in [1.82, 2.24) is 0 Å². The maximum atomic E-state index is 0. The third-order valence-corrected chi connectivity index (χ3v) is 0. The van der Waals surface area contributed by atoms with Crippen molar-refractivity contribution in [2.75, 3.05) is 0 Å². The van der Waals surface area contributed by atoms with Gasteiger partial charge in [-0.1, -0.05) is 0 Å². The normalized spacial score (nSPS) is 0. The van der Waals surface area contributed by atoms with Crippen LogP contribution < -0.4 is 0 Å². The zero-order chi connectivity index (χ0) is 0. The Morgan fingerprint density at radius 3 is 1.00 bits per heavy atom. The standard InChI is InChI=1S/Ba.Ni.O.Y.Zr/q2*+2;-2;+3;+4. The van der Waals surface area contributed by atoms with Gasteiger partial charge in [-0.05, 0) is 0 Å². The van der Waals surface area contributed by atoms with Crippen molar-refractivity contribution >= 4 is 48.9 Å². The largest absolute Gasteiger partial charge is 4.00 e.